The molecule has 5 rings (SSSR count). The van der Waals surface area contributed by atoms with Crippen molar-refractivity contribution in [1.29, 1.82) is 0 Å². The third-order valence-corrected chi connectivity index (χ3v) is 7.92. The summed E-state index contributed by atoms with van der Waals surface area (Å²) in [5, 5.41) is 2.34. The fourth-order valence-electron chi connectivity index (χ4n) is 5.75. The summed E-state index contributed by atoms with van der Waals surface area (Å²) >= 11 is 0. The zero-order valence-electron chi connectivity index (χ0n) is 19.9. The van der Waals surface area contributed by atoms with Crippen LogP contribution in [0.15, 0.2) is 18.2 Å². The van der Waals surface area contributed by atoms with Crippen LogP contribution in [-0.4, -0.2) is 58.6 Å². The van der Waals surface area contributed by atoms with E-state index in [9.17, 15) is 19.2 Å². The Hall–Kier alpha value is -3.18. The Balaban J connectivity index is 1.21. The van der Waals surface area contributed by atoms with Gasteiger partial charge in [0, 0.05) is 55.1 Å². The zero-order valence-corrected chi connectivity index (χ0v) is 19.9. The summed E-state index contributed by atoms with van der Waals surface area (Å²) in [6.45, 7) is 1.79. The van der Waals surface area contributed by atoms with Crippen LogP contribution in [0.1, 0.15) is 72.9 Å². The van der Waals surface area contributed by atoms with Crippen molar-refractivity contribution in [2.24, 2.45) is 17.6 Å². The zero-order chi connectivity index (χ0) is 24.5. The van der Waals surface area contributed by atoms with Crippen LogP contribution in [0.2, 0.25) is 0 Å². The molecule has 0 bridgehead atoms. The Kier molecular flexibility index (Phi) is 6.61. The lowest BCUT2D eigenvalue weighted by atomic mass is 9.85. The summed E-state index contributed by atoms with van der Waals surface area (Å²) in [5.74, 6) is 6.38. The van der Waals surface area contributed by atoms with Crippen LogP contribution in [0, 0.1) is 23.7 Å². The molecule has 3 heterocycles. The maximum Gasteiger partial charge on any atom is 0.255 e. The molecule has 1 aromatic rings. The second-order valence-electron chi connectivity index (χ2n) is 10.2. The first kappa shape index (κ1) is 23.6. The smallest absolute Gasteiger partial charge is 0.255 e. The van der Waals surface area contributed by atoms with Crippen molar-refractivity contribution in [3.8, 4) is 11.8 Å². The van der Waals surface area contributed by atoms with Gasteiger partial charge in [-0.1, -0.05) is 17.9 Å². The van der Waals surface area contributed by atoms with E-state index in [2.05, 4.69) is 17.2 Å². The number of fused-ring (bicyclic) bond motifs is 1. The van der Waals surface area contributed by atoms with Crippen molar-refractivity contribution in [2.45, 2.75) is 70.0 Å². The maximum absolute atomic E-state index is 13.0. The molecule has 4 amide bonds. The Labute approximate surface area is 205 Å². The second-order valence-corrected chi connectivity index (χ2v) is 10.2. The highest BCUT2D eigenvalue weighted by molar-refractivity contribution is 6.05. The molecule has 0 aromatic heterocycles. The number of nitrogens with zero attached hydrogens (tertiary/aromatic N) is 2. The molecule has 1 aliphatic carbocycles. The van der Waals surface area contributed by atoms with Gasteiger partial charge >= 0.3 is 0 Å². The molecule has 1 saturated carbocycles. The van der Waals surface area contributed by atoms with E-state index in [0.29, 0.717) is 18.5 Å². The van der Waals surface area contributed by atoms with Gasteiger partial charge in [-0.3, -0.25) is 24.5 Å². The highest BCUT2D eigenvalue weighted by Crippen LogP contribution is 2.30. The van der Waals surface area contributed by atoms with E-state index < -0.39 is 11.9 Å². The Morgan fingerprint density at radius 2 is 1.74 bits per heavy atom. The van der Waals surface area contributed by atoms with Gasteiger partial charge in [0.25, 0.3) is 5.91 Å². The Morgan fingerprint density at radius 3 is 2.46 bits per heavy atom. The van der Waals surface area contributed by atoms with Crippen LogP contribution in [0.3, 0.4) is 0 Å². The number of hydrogen-bond donors (Lipinski definition) is 2. The third-order valence-electron chi connectivity index (χ3n) is 7.92. The topological polar surface area (TPSA) is 113 Å². The lowest BCUT2D eigenvalue weighted by Crippen LogP contribution is -2.52. The van der Waals surface area contributed by atoms with Crippen LogP contribution in [0.25, 0.3) is 0 Å². The molecule has 2 saturated heterocycles. The molecule has 1 atom stereocenters. The number of hydrogen-bond acceptors (Lipinski definition) is 5. The number of likely N-dealkylation sites (tertiary alicyclic amines) is 1. The first-order valence-corrected chi connectivity index (χ1v) is 12.7. The summed E-state index contributed by atoms with van der Waals surface area (Å²) in [4.78, 5) is 53.2. The number of amides is 4. The van der Waals surface area contributed by atoms with Gasteiger partial charge in [-0.25, -0.2) is 0 Å². The quantitative estimate of drug-likeness (QED) is 0.497. The summed E-state index contributed by atoms with van der Waals surface area (Å²) in [6, 6.07) is 5.13. The molecule has 1 unspecified atom stereocenters. The van der Waals surface area contributed by atoms with Crippen molar-refractivity contribution in [1.82, 2.24) is 15.1 Å². The number of imide groups is 1. The van der Waals surface area contributed by atoms with Gasteiger partial charge in [0.15, 0.2) is 0 Å². The van der Waals surface area contributed by atoms with Gasteiger partial charge in [-0.05, 0) is 62.6 Å². The van der Waals surface area contributed by atoms with Crippen LogP contribution in [0.5, 0.6) is 0 Å². The highest BCUT2D eigenvalue weighted by Gasteiger charge is 2.39. The number of nitrogens with two attached hydrogens (primary N) is 1. The predicted molar refractivity (Wildman–Crippen MR) is 129 cm³/mol. The molecule has 35 heavy (non-hydrogen) atoms. The second kappa shape index (κ2) is 9.82. The molecule has 184 valence electrons. The lowest BCUT2D eigenvalue weighted by Gasteiger charge is -2.34. The molecule has 4 aliphatic rings. The van der Waals surface area contributed by atoms with Crippen LogP contribution < -0.4 is 11.1 Å². The van der Waals surface area contributed by atoms with Gasteiger partial charge < -0.3 is 15.5 Å². The summed E-state index contributed by atoms with van der Waals surface area (Å²) in [7, 11) is 0. The predicted octanol–water partition coefficient (Wildman–Crippen LogP) is 1.56. The molecular weight excluding hydrogens is 444 g/mol. The normalized spacial score (nSPS) is 27.2. The highest BCUT2D eigenvalue weighted by atomic mass is 16.2. The minimum atomic E-state index is -0.629. The molecule has 8 heteroatoms. The summed E-state index contributed by atoms with van der Waals surface area (Å²) < 4.78 is 0. The number of piperidine rings is 2. The number of benzene rings is 1. The van der Waals surface area contributed by atoms with Crippen molar-refractivity contribution in [3.05, 3.63) is 34.9 Å². The fourth-order valence-corrected chi connectivity index (χ4v) is 5.75. The van der Waals surface area contributed by atoms with Crippen LogP contribution in [0.4, 0.5) is 0 Å². The number of carbonyl (C=O) groups is 4. The minimum absolute atomic E-state index is 0.120. The fraction of sp³-hybridized carbons (Fsp3) is 0.556. The maximum atomic E-state index is 13.0. The van der Waals surface area contributed by atoms with Crippen molar-refractivity contribution < 1.29 is 19.2 Å². The molecule has 0 spiro atoms. The first-order valence-electron chi connectivity index (χ1n) is 12.7. The lowest BCUT2D eigenvalue weighted by molar-refractivity contribution is -0.138. The monoisotopic (exact) mass is 476 g/mol. The molecule has 3 N–H and O–H groups in total. The SMILES string of the molecule is N[C@H]1CC[C@H](C(=O)N2CCC(C#Cc3cccc4c3CN(C3CCC(=O)NC3=O)C4=O)CC2)CC1. The molecule has 3 aliphatic heterocycles. The van der Waals surface area contributed by atoms with Gasteiger partial charge in [-0.15, -0.1) is 0 Å². The van der Waals surface area contributed by atoms with E-state index in [-0.39, 0.29) is 42.0 Å². The van der Waals surface area contributed by atoms with Crippen LogP contribution >= 0.6 is 0 Å². The van der Waals surface area contributed by atoms with Crippen molar-refractivity contribution in [2.75, 3.05) is 13.1 Å². The van der Waals surface area contributed by atoms with E-state index in [0.717, 1.165) is 62.7 Å². The molecule has 8 nitrogen and oxygen atoms in total. The average Bonchev–Trinajstić information content (AvgIpc) is 3.20. The first-order chi connectivity index (χ1) is 16.9. The largest absolute Gasteiger partial charge is 0.342 e. The summed E-state index contributed by atoms with van der Waals surface area (Å²) in [5.41, 5.74) is 8.21. The standard InChI is InChI=1S/C27H32N4O4/c28-20-8-6-19(7-9-20)26(34)30-14-12-17(13-15-30)4-5-18-2-1-3-21-22(18)16-31(27(21)35)23-10-11-24(32)29-25(23)33/h1-3,17,19-20,23H,6-16,28H2,(H,29,32,33)/t19-,20-,23?. The third kappa shape index (κ3) is 4.83. The number of nitrogens with one attached hydrogen (secondary N) is 1. The van der Waals surface area contributed by atoms with Crippen molar-refractivity contribution in [3.63, 3.8) is 0 Å². The van der Waals surface area contributed by atoms with E-state index in [1.165, 1.54) is 0 Å². The molecule has 3 fully saturated rings. The van der Waals surface area contributed by atoms with Gasteiger partial charge in [0.2, 0.25) is 17.7 Å². The minimum Gasteiger partial charge on any atom is -0.342 e. The number of carbonyl (C=O) groups excluding carboxylic acids is 4. The average molecular weight is 477 g/mol. The Morgan fingerprint density at radius 1 is 1.00 bits per heavy atom. The number of rotatable bonds is 2. The van der Waals surface area contributed by atoms with Gasteiger partial charge in [-0.2, -0.15) is 0 Å². The molecule has 1 aromatic carbocycles. The molecular formula is C27H32N4O4. The van der Waals surface area contributed by atoms with Crippen LogP contribution in [-0.2, 0) is 20.9 Å². The Bertz CT molecular complexity index is 1100. The molecule has 0 radical (unpaired) electrons. The van der Waals surface area contributed by atoms with E-state index in [1.54, 1.807) is 11.0 Å². The van der Waals surface area contributed by atoms with Crippen molar-refractivity contribution >= 4 is 23.6 Å². The van der Waals surface area contributed by atoms with E-state index >= 15 is 0 Å². The van der Waals surface area contributed by atoms with Gasteiger partial charge in [0.1, 0.15) is 6.04 Å². The van der Waals surface area contributed by atoms with E-state index in [4.69, 9.17) is 5.73 Å². The van der Waals surface area contributed by atoms with Gasteiger partial charge in [0.05, 0.1) is 0 Å². The summed E-state index contributed by atoms with van der Waals surface area (Å²) in [6.07, 6.45) is 5.94. The van der Waals surface area contributed by atoms with E-state index in [1.807, 2.05) is 17.0 Å².